The number of hydrogen-bond acceptors (Lipinski definition) is 4. The summed E-state index contributed by atoms with van der Waals surface area (Å²) in [5.74, 6) is -2.60. The number of alkyl halides is 3. The number of rotatable bonds is 6. The third kappa shape index (κ3) is 6.25. The van der Waals surface area contributed by atoms with Gasteiger partial charge in [-0.1, -0.05) is 0 Å². The van der Waals surface area contributed by atoms with E-state index >= 15 is 0 Å². The van der Waals surface area contributed by atoms with Gasteiger partial charge in [-0.25, -0.2) is 8.78 Å². The minimum absolute atomic E-state index is 0.00103. The molecule has 1 amide bonds. The Morgan fingerprint density at radius 1 is 1.21 bits per heavy atom. The summed E-state index contributed by atoms with van der Waals surface area (Å²) in [7, 11) is 1.56. The van der Waals surface area contributed by atoms with Crippen molar-refractivity contribution in [2.45, 2.75) is 50.6 Å². The maximum Gasteiger partial charge on any atom is 0.432 e. The van der Waals surface area contributed by atoms with E-state index in [4.69, 9.17) is 15.9 Å². The smallest absolute Gasteiger partial charge is 0.394 e. The molecule has 0 atom stereocenters. The third-order valence-electron chi connectivity index (χ3n) is 4.81. The van der Waals surface area contributed by atoms with E-state index in [0.717, 1.165) is 12.1 Å². The highest BCUT2D eigenvalue weighted by Gasteiger charge is 2.35. The number of nitrogens with two attached hydrogens (primary N) is 1. The fourth-order valence-corrected chi connectivity index (χ4v) is 3.32. The second-order valence-corrected chi connectivity index (χ2v) is 6.89. The van der Waals surface area contributed by atoms with E-state index < -0.39 is 41.2 Å². The predicted octanol–water partition coefficient (Wildman–Crippen LogP) is 3.68. The lowest BCUT2D eigenvalue weighted by molar-refractivity contribution is -0.131. The molecule has 2 rings (SSSR count). The van der Waals surface area contributed by atoms with E-state index in [9.17, 15) is 26.7 Å². The molecule has 1 aromatic rings. The van der Waals surface area contributed by atoms with Gasteiger partial charge in [-0.3, -0.25) is 10.2 Å². The average Bonchev–Trinajstić information content (AvgIpc) is 2.64. The highest BCUT2D eigenvalue weighted by Crippen LogP contribution is 2.27. The normalized spacial score (nSPS) is 20.4. The van der Waals surface area contributed by atoms with Gasteiger partial charge in [0, 0.05) is 25.8 Å². The van der Waals surface area contributed by atoms with Gasteiger partial charge in [-0.15, -0.1) is 0 Å². The summed E-state index contributed by atoms with van der Waals surface area (Å²) in [6.07, 6.45) is -2.48. The second-order valence-electron chi connectivity index (χ2n) is 6.89. The van der Waals surface area contributed by atoms with Crippen molar-refractivity contribution in [3.8, 4) is 0 Å². The number of hydrogen-bond donors (Lipinski definition) is 2. The Balaban J connectivity index is 2.29. The number of methoxy groups -OCH3 is 1. The van der Waals surface area contributed by atoms with E-state index in [0.29, 0.717) is 31.7 Å². The summed E-state index contributed by atoms with van der Waals surface area (Å²) in [6.45, 7) is -0.232. The Morgan fingerprint density at radius 3 is 2.24 bits per heavy atom. The molecule has 1 fully saturated rings. The Hall–Kier alpha value is -2.49. The monoisotopic (exact) mass is 419 g/mol. The minimum atomic E-state index is -4.95. The zero-order chi connectivity index (χ0) is 21.8. The summed E-state index contributed by atoms with van der Waals surface area (Å²) in [5, 5.41) is 7.01. The van der Waals surface area contributed by atoms with Crippen LogP contribution in [0.25, 0.3) is 0 Å². The van der Waals surface area contributed by atoms with Crippen LogP contribution >= 0.6 is 0 Å². The van der Waals surface area contributed by atoms with Gasteiger partial charge in [0.2, 0.25) is 0 Å². The van der Waals surface area contributed by atoms with Crippen LogP contribution in [0.5, 0.6) is 0 Å². The third-order valence-corrected chi connectivity index (χ3v) is 4.81. The molecule has 0 heterocycles. The first-order valence-corrected chi connectivity index (χ1v) is 8.93. The molecule has 0 spiro atoms. The molecule has 0 unspecified atom stereocenters. The summed E-state index contributed by atoms with van der Waals surface area (Å²) >= 11 is 0. The van der Waals surface area contributed by atoms with Crippen molar-refractivity contribution in [3.63, 3.8) is 0 Å². The molecule has 29 heavy (non-hydrogen) atoms. The van der Waals surface area contributed by atoms with Gasteiger partial charge in [0.15, 0.2) is 0 Å². The number of halogens is 5. The number of amides is 1. The molecule has 1 saturated carbocycles. The molecule has 1 aliphatic rings. The lowest BCUT2D eigenvalue weighted by Gasteiger charge is -2.36. The summed E-state index contributed by atoms with van der Waals surface area (Å²) in [4.78, 5) is 14.0. The highest BCUT2D eigenvalue weighted by atomic mass is 19.4. The standard InChI is InChI=1S/C19H22F5N3O2/c1-29-15-4-2-14(3-5-15)27(10-11-6-12(20)8-13(21)7-11)18(28)16(25)9-17(26)19(22,23)24/h6-9,14-15,26H,2-5,10,25H2,1H3/b16-9-,26-17?/t14-,15-. The maximum atomic E-state index is 13.5. The van der Waals surface area contributed by atoms with Crippen LogP contribution in [0.15, 0.2) is 30.0 Å². The SMILES string of the molecule is CO[C@H]1CC[C@H](N(Cc2cc(F)cc(F)c2)C(=O)/C(N)=C/C(=N)C(F)(F)F)CC1. The topological polar surface area (TPSA) is 79.4 Å². The molecule has 0 radical (unpaired) electrons. The van der Waals surface area contributed by atoms with E-state index in [2.05, 4.69) is 0 Å². The summed E-state index contributed by atoms with van der Waals surface area (Å²) in [6, 6.07) is 2.37. The molecule has 0 aliphatic heterocycles. The van der Waals surface area contributed by atoms with Crippen LogP contribution in [-0.4, -0.2) is 42.0 Å². The molecule has 1 aromatic carbocycles. The van der Waals surface area contributed by atoms with Crippen LogP contribution in [0.4, 0.5) is 22.0 Å². The molecule has 5 nitrogen and oxygen atoms in total. The van der Waals surface area contributed by atoms with Crippen molar-refractivity contribution in [3.05, 3.63) is 47.2 Å². The van der Waals surface area contributed by atoms with E-state index in [1.807, 2.05) is 0 Å². The first-order chi connectivity index (χ1) is 13.5. The molecule has 3 N–H and O–H groups in total. The van der Waals surface area contributed by atoms with Crippen molar-refractivity contribution < 1.29 is 31.5 Å². The first-order valence-electron chi connectivity index (χ1n) is 8.93. The van der Waals surface area contributed by atoms with Gasteiger partial charge in [-0.05, 0) is 49.5 Å². The highest BCUT2D eigenvalue weighted by molar-refractivity contribution is 6.04. The minimum Gasteiger partial charge on any atom is -0.394 e. The van der Waals surface area contributed by atoms with Crippen molar-refractivity contribution in [2.75, 3.05) is 7.11 Å². The lowest BCUT2D eigenvalue weighted by atomic mass is 9.91. The summed E-state index contributed by atoms with van der Waals surface area (Å²) in [5.41, 5.74) is 3.16. The first kappa shape index (κ1) is 22.8. The average molecular weight is 419 g/mol. The molecule has 160 valence electrons. The van der Waals surface area contributed by atoms with Gasteiger partial charge < -0.3 is 15.4 Å². The van der Waals surface area contributed by atoms with E-state index in [1.54, 1.807) is 7.11 Å². The number of nitrogens with one attached hydrogen (secondary N) is 1. The van der Waals surface area contributed by atoms with Crippen LogP contribution in [-0.2, 0) is 16.1 Å². The van der Waals surface area contributed by atoms with Crippen molar-refractivity contribution in [1.29, 1.82) is 5.41 Å². The zero-order valence-corrected chi connectivity index (χ0v) is 15.7. The molecule has 0 aromatic heterocycles. The predicted molar refractivity (Wildman–Crippen MR) is 96.0 cm³/mol. The number of allylic oxidation sites excluding steroid dienone is 1. The van der Waals surface area contributed by atoms with Crippen LogP contribution in [0.1, 0.15) is 31.2 Å². The van der Waals surface area contributed by atoms with Crippen LogP contribution in [0, 0.1) is 17.0 Å². The molecule has 0 saturated heterocycles. The Morgan fingerprint density at radius 2 is 1.76 bits per heavy atom. The maximum absolute atomic E-state index is 13.5. The van der Waals surface area contributed by atoms with Crippen molar-refractivity contribution in [2.24, 2.45) is 5.73 Å². The quantitative estimate of drug-likeness (QED) is 0.420. The van der Waals surface area contributed by atoms with Crippen molar-refractivity contribution >= 4 is 11.6 Å². The molecule has 10 heteroatoms. The molecular formula is C19H22F5N3O2. The van der Waals surface area contributed by atoms with E-state index in [-0.39, 0.29) is 24.3 Å². The zero-order valence-electron chi connectivity index (χ0n) is 15.7. The van der Waals surface area contributed by atoms with Gasteiger partial charge in [0.25, 0.3) is 5.91 Å². The largest absolute Gasteiger partial charge is 0.432 e. The van der Waals surface area contributed by atoms with Crippen molar-refractivity contribution in [1.82, 2.24) is 4.90 Å². The van der Waals surface area contributed by atoms with Crippen LogP contribution in [0.2, 0.25) is 0 Å². The molecule has 0 bridgehead atoms. The van der Waals surface area contributed by atoms with Gasteiger partial charge >= 0.3 is 6.18 Å². The molecule has 1 aliphatic carbocycles. The van der Waals surface area contributed by atoms with Gasteiger partial charge in [-0.2, -0.15) is 13.2 Å². The number of carbonyl (C=O) groups excluding carboxylic acids is 1. The molecular weight excluding hydrogens is 397 g/mol. The Bertz CT molecular complexity index is 766. The number of benzene rings is 1. The lowest BCUT2D eigenvalue weighted by Crippen LogP contribution is -2.44. The second kappa shape index (κ2) is 9.34. The number of carbonyl (C=O) groups is 1. The Kier molecular flexibility index (Phi) is 7.34. The number of ether oxygens (including phenoxy) is 1. The fraction of sp³-hybridized carbons (Fsp3) is 0.474. The fourth-order valence-electron chi connectivity index (χ4n) is 3.32. The van der Waals surface area contributed by atoms with Gasteiger partial charge in [0.1, 0.15) is 17.3 Å². The van der Waals surface area contributed by atoms with Crippen LogP contribution in [0.3, 0.4) is 0 Å². The number of nitrogens with zero attached hydrogens (tertiary/aromatic N) is 1. The Labute approximate surface area is 164 Å². The van der Waals surface area contributed by atoms with Crippen LogP contribution < -0.4 is 5.73 Å². The van der Waals surface area contributed by atoms with E-state index in [1.165, 1.54) is 4.90 Å². The van der Waals surface area contributed by atoms with Gasteiger partial charge in [0.05, 0.1) is 11.8 Å². The summed E-state index contributed by atoms with van der Waals surface area (Å²) < 4.78 is 70.1.